The van der Waals surface area contributed by atoms with Crippen molar-refractivity contribution in [1.82, 2.24) is 19.5 Å². The van der Waals surface area contributed by atoms with Crippen LogP contribution in [0.25, 0.3) is 84.5 Å². The lowest BCUT2D eigenvalue weighted by Crippen LogP contribution is -2.26. The van der Waals surface area contributed by atoms with Crippen molar-refractivity contribution in [3.05, 3.63) is 241 Å². The lowest BCUT2D eigenvalue weighted by molar-refractivity contribution is 0.574. The summed E-state index contributed by atoms with van der Waals surface area (Å²) < 4.78 is 8.80. The number of aromatic nitrogens is 4. The molecule has 1 aliphatic rings. The number of benzene rings is 7. The quantitative estimate of drug-likeness (QED) is 0.160. The van der Waals surface area contributed by atoms with Crippen molar-refractivity contribution in [2.24, 2.45) is 0 Å². The van der Waals surface area contributed by atoms with Gasteiger partial charge in [0.05, 0.1) is 29.1 Å². The minimum atomic E-state index is 0.406. The van der Waals surface area contributed by atoms with E-state index < -0.39 is 0 Å². The van der Waals surface area contributed by atoms with Gasteiger partial charge in [-0.15, -0.1) is 0 Å². The number of para-hydroxylation sites is 4. The van der Waals surface area contributed by atoms with Gasteiger partial charge in [0.2, 0.25) is 5.95 Å². The van der Waals surface area contributed by atoms with Gasteiger partial charge in [-0.3, -0.25) is 0 Å². The van der Waals surface area contributed by atoms with Gasteiger partial charge in [0, 0.05) is 43.8 Å². The average Bonchev–Trinajstić information content (AvgIpc) is 3.91. The van der Waals surface area contributed by atoms with Gasteiger partial charge in [-0.2, -0.15) is 9.97 Å². The summed E-state index contributed by atoms with van der Waals surface area (Å²) in [6.45, 7) is 11.3. The molecule has 0 amide bonds. The molecule has 3 aromatic heterocycles. The van der Waals surface area contributed by atoms with E-state index in [1.165, 1.54) is 11.1 Å². The smallest absolute Gasteiger partial charge is 0.234 e. The van der Waals surface area contributed by atoms with Crippen LogP contribution < -0.4 is 15.5 Å². The molecule has 65 heavy (non-hydrogen) atoms. The number of hydrogen-bond acceptors (Lipinski definition) is 5. The Balaban J connectivity index is 1.17. The number of rotatable bonds is 7. The zero-order chi connectivity index (χ0) is 43.9. The fourth-order valence-corrected chi connectivity index (χ4v) is 9.16. The van der Waals surface area contributed by atoms with Gasteiger partial charge in [0.15, 0.2) is 11.6 Å². The van der Waals surface area contributed by atoms with Crippen LogP contribution in [0.15, 0.2) is 212 Å². The molecule has 0 fully saturated rings. The molecule has 0 N–H and O–H groups in total. The van der Waals surface area contributed by atoms with Crippen LogP contribution >= 0.6 is 0 Å². The first-order valence-corrected chi connectivity index (χ1v) is 21.8. The van der Waals surface area contributed by atoms with E-state index in [9.17, 15) is 0 Å². The first-order valence-electron chi connectivity index (χ1n) is 21.8. The molecule has 0 spiro atoms. The summed E-state index contributed by atoms with van der Waals surface area (Å²) in [5, 5.41) is 2.97. The highest BCUT2D eigenvalue weighted by Crippen LogP contribution is 2.41. The third-order valence-electron chi connectivity index (χ3n) is 12.3. The zero-order valence-corrected chi connectivity index (χ0v) is 35.9. The molecule has 0 radical (unpaired) electrons. The van der Waals surface area contributed by atoms with Crippen LogP contribution in [-0.4, -0.2) is 19.5 Å². The van der Waals surface area contributed by atoms with Crippen LogP contribution in [0.4, 0.5) is 11.6 Å². The molecule has 4 heterocycles. The first kappa shape index (κ1) is 39.3. The zero-order valence-electron chi connectivity index (χ0n) is 35.9. The van der Waals surface area contributed by atoms with E-state index in [4.69, 9.17) is 19.4 Å². The number of nitrogens with zero attached hydrogens (tertiary/aromatic N) is 5. The highest BCUT2D eigenvalue weighted by atomic mass is 16.3. The second kappa shape index (κ2) is 16.6. The molecular weight excluding hydrogens is 795 g/mol. The van der Waals surface area contributed by atoms with E-state index in [0.717, 1.165) is 88.5 Å². The molecule has 7 aromatic carbocycles. The summed E-state index contributed by atoms with van der Waals surface area (Å²) in [6, 6.07) is 63.2. The number of anilines is 2. The second-order valence-corrected chi connectivity index (χ2v) is 16.0. The number of allylic oxidation sites excluding steroid dienone is 3. The van der Waals surface area contributed by atoms with Crippen molar-refractivity contribution in [2.45, 2.75) is 13.5 Å². The largest absolute Gasteiger partial charge is 0.456 e. The van der Waals surface area contributed by atoms with Gasteiger partial charge >= 0.3 is 0 Å². The number of hydrogen-bond donors (Lipinski definition) is 0. The van der Waals surface area contributed by atoms with Crippen LogP contribution in [0.5, 0.6) is 0 Å². The van der Waals surface area contributed by atoms with Crippen molar-refractivity contribution in [1.29, 1.82) is 0 Å². The van der Waals surface area contributed by atoms with Gasteiger partial charge in [0.25, 0.3) is 0 Å². The topological polar surface area (TPSA) is 60.0 Å². The summed E-state index contributed by atoms with van der Waals surface area (Å²) in [4.78, 5) is 18.2. The molecule has 6 nitrogen and oxygen atoms in total. The lowest BCUT2D eigenvalue weighted by Gasteiger charge is -2.27. The standard InChI is InChI=1S/C59H43N5O/c1-4-44(56-49-27-15-19-31-55(49)65-54(56)5-2)58-60-57(43-22-10-7-11-23-43)61-59(62-58)63-38-53-48(37-32-39(3)45-24-12-16-28-50(45)63)47-26-14-18-30-52(47)64(53)51-29-17-13-25-46(51)42-35-33-41(34-36-42)40-20-8-6-9-21-40/h4-37H,1,3,38H2,2H3/b37-32-,54-5+,56-44+. The van der Waals surface area contributed by atoms with E-state index in [0.29, 0.717) is 24.1 Å². The Morgan fingerprint density at radius 1 is 0.585 bits per heavy atom. The van der Waals surface area contributed by atoms with E-state index in [2.05, 4.69) is 168 Å². The van der Waals surface area contributed by atoms with E-state index in [1.54, 1.807) is 0 Å². The fourth-order valence-electron chi connectivity index (χ4n) is 9.16. The Morgan fingerprint density at radius 3 is 1.95 bits per heavy atom. The molecule has 0 saturated carbocycles. The average molecular weight is 838 g/mol. The van der Waals surface area contributed by atoms with Crippen molar-refractivity contribution in [2.75, 3.05) is 4.90 Å². The van der Waals surface area contributed by atoms with Gasteiger partial charge in [-0.25, -0.2) is 4.98 Å². The first-order chi connectivity index (χ1) is 32.1. The van der Waals surface area contributed by atoms with Gasteiger partial charge in [-0.05, 0) is 59.5 Å². The fraction of sp³-hybridized carbons (Fsp3) is 0.0339. The molecule has 0 atom stereocenters. The van der Waals surface area contributed by atoms with Gasteiger partial charge in [0.1, 0.15) is 11.0 Å². The number of fused-ring (bicyclic) bond motifs is 5. The van der Waals surface area contributed by atoms with Crippen LogP contribution in [-0.2, 0) is 6.54 Å². The third kappa shape index (κ3) is 6.98. The molecule has 0 bridgehead atoms. The van der Waals surface area contributed by atoms with E-state index >= 15 is 0 Å². The van der Waals surface area contributed by atoms with Crippen LogP contribution in [0.1, 0.15) is 29.6 Å². The normalized spacial score (nSPS) is 13.8. The summed E-state index contributed by atoms with van der Waals surface area (Å²) in [5.41, 5.74) is 14.8. The van der Waals surface area contributed by atoms with Crippen LogP contribution in [0.3, 0.4) is 0 Å². The van der Waals surface area contributed by atoms with Crippen molar-refractivity contribution in [3.63, 3.8) is 0 Å². The molecule has 11 rings (SSSR count). The summed E-state index contributed by atoms with van der Waals surface area (Å²) in [6.07, 6.45) is 8.16. The minimum absolute atomic E-state index is 0.406. The van der Waals surface area contributed by atoms with Crippen LogP contribution in [0, 0.1) is 0 Å². The SMILES string of the molecule is C=C/C(c1nc(-c2ccccc2)nc(N2Cc3c(c4ccccc4n3-c3ccccc3-c3ccc(-c4ccccc4)cc3)/C=C\C(=C)c3ccccc32)n1)=c1\c(=C/C)oc2ccccc12. The van der Waals surface area contributed by atoms with E-state index in [-0.39, 0.29) is 0 Å². The Hall–Kier alpha value is -8.61. The maximum absolute atomic E-state index is 6.38. The van der Waals surface area contributed by atoms with Gasteiger partial charge < -0.3 is 13.9 Å². The van der Waals surface area contributed by atoms with Crippen molar-refractivity contribution in [3.8, 4) is 39.3 Å². The molecule has 6 heteroatoms. The predicted octanol–water partition coefficient (Wildman–Crippen LogP) is 13.1. The summed E-state index contributed by atoms with van der Waals surface area (Å²) in [5.74, 6) is 1.51. The Kier molecular flexibility index (Phi) is 10.0. The maximum atomic E-state index is 6.38. The minimum Gasteiger partial charge on any atom is -0.456 e. The second-order valence-electron chi connectivity index (χ2n) is 16.0. The molecule has 0 aliphatic carbocycles. The number of furan rings is 1. The molecule has 0 saturated heterocycles. The Morgan fingerprint density at radius 2 is 1.20 bits per heavy atom. The van der Waals surface area contributed by atoms with Crippen LogP contribution in [0.2, 0.25) is 0 Å². The molecule has 1 aliphatic heterocycles. The highest BCUT2D eigenvalue weighted by molar-refractivity contribution is 5.97. The van der Waals surface area contributed by atoms with Gasteiger partial charge in [-0.1, -0.05) is 189 Å². The third-order valence-corrected chi connectivity index (χ3v) is 12.3. The molecular formula is C59H43N5O. The summed E-state index contributed by atoms with van der Waals surface area (Å²) >= 11 is 0. The summed E-state index contributed by atoms with van der Waals surface area (Å²) in [7, 11) is 0. The Bertz CT molecular complexity index is 3620. The van der Waals surface area contributed by atoms with Crippen molar-refractivity contribution >= 4 is 56.8 Å². The van der Waals surface area contributed by atoms with E-state index in [1.807, 2.05) is 67.6 Å². The molecule has 310 valence electrons. The monoisotopic (exact) mass is 837 g/mol. The molecule has 10 aromatic rings. The van der Waals surface area contributed by atoms with Crippen molar-refractivity contribution < 1.29 is 4.42 Å². The Labute approximate surface area is 377 Å². The lowest BCUT2D eigenvalue weighted by atomic mass is 9.99. The molecule has 0 unspecified atom stereocenters. The maximum Gasteiger partial charge on any atom is 0.234 e. The highest BCUT2D eigenvalue weighted by Gasteiger charge is 2.27. The predicted molar refractivity (Wildman–Crippen MR) is 268 cm³/mol.